The number of carbonyl (C=O) groups is 2. The van der Waals surface area contributed by atoms with Crippen LogP contribution >= 0.6 is 0 Å². The second-order valence-electron chi connectivity index (χ2n) is 8.13. The minimum absolute atomic E-state index is 0.0895. The first-order valence-electron chi connectivity index (χ1n) is 10.9. The van der Waals surface area contributed by atoms with Crippen LogP contribution in [0.4, 0.5) is 5.69 Å². The van der Waals surface area contributed by atoms with E-state index in [1.54, 1.807) is 34.9 Å². The van der Waals surface area contributed by atoms with Gasteiger partial charge in [0.1, 0.15) is 5.82 Å². The summed E-state index contributed by atoms with van der Waals surface area (Å²) in [5, 5.41) is 3.16. The van der Waals surface area contributed by atoms with Crippen LogP contribution in [0.2, 0.25) is 0 Å². The highest BCUT2D eigenvalue weighted by Crippen LogP contribution is 2.34. The molecule has 2 aliphatic rings. The molecule has 1 unspecified atom stereocenters. The summed E-state index contributed by atoms with van der Waals surface area (Å²) in [6.45, 7) is 2.29. The van der Waals surface area contributed by atoms with Crippen LogP contribution in [0, 0.1) is 0 Å². The van der Waals surface area contributed by atoms with Crippen molar-refractivity contribution in [3.8, 4) is 11.5 Å². The van der Waals surface area contributed by atoms with Gasteiger partial charge in [0.2, 0.25) is 6.79 Å². The van der Waals surface area contributed by atoms with Gasteiger partial charge in [-0.25, -0.2) is 9.78 Å². The first kappa shape index (κ1) is 21.0. The summed E-state index contributed by atoms with van der Waals surface area (Å²) in [7, 11) is 0. The zero-order chi connectivity index (χ0) is 22.9. The maximum atomic E-state index is 12.9. The van der Waals surface area contributed by atoms with E-state index < -0.39 is 18.0 Å². The molecule has 0 aliphatic carbocycles. The smallest absolute Gasteiger partial charge is 0.338 e. The molecule has 3 heterocycles. The van der Waals surface area contributed by atoms with Crippen LogP contribution in [0.1, 0.15) is 42.4 Å². The Hall–Kier alpha value is -3.88. The summed E-state index contributed by atoms with van der Waals surface area (Å²) in [5.74, 6) is 0.739. The molecule has 0 saturated heterocycles. The number of benzene rings is 2. The summed E-state index contributed by atoms with van der Waals surface area (Å²) in [4.78, 5) is 42.7. The summed E-state index contributed by atoms with van der Waals surface area (Å²) >= 11 is 0. The predicted molar refractivity (Wildman–Crippen MR) is 120 cm³/mol. The Morgan fingerprint density at radius 1 is 1.09 bits per heavy atom. The lowest BCUT2D eigenvalue weighted by atomic mass is 10.1. The van der Waals surface area contributed by atoms with Crippen molar-refractivity contribution in [1.82, 2.24) is 9.55 Å². The first-order valence-corrected chi connectivity index (χ1v) is 10.9. The monoisotopic (exact) mass is 449 g/mol. The van der Waals surface area contributed by atoms with Crippen molar-refractivity contribution in [2.24, 2.45) is 0 Å². The number of aryl methyl sites for hydroxylation is 1. The van der Waals surface area contributed by atoms with Gasteiger partial charge < -0.3 is 19.5 Å². The average Bonchev–Trinajstić information content (AvgIpc) is 3.15. The van der Waals surface area contributed by atoms with Crippen LogP contribution in [0.25, 0.3) is 10.9 Å². The normalized spacial score (nSPS) is 15.4. The Morgan fingerprint density at radius 2 is 1.94 bits per heavy atom. The molecular formula is C24H23N3O6. The van der Waals surface area contributed by atoms with Gasteiger partial charge >= 0.3 is 5.97 Å². The van der Waals surface area contributed by atoms with E-state index in [1.165, 1.54) is 13.0 Å². The molecule has 1 N–H and O–H groups in total. The fourth-order valence-electron chi connectivity index (χ4n) is 4.05. The zero-order valence-corrected chi connectivity index (χ0v) is 18.1. The summed E-state index contributed by atoms with van der Waals surface area (Å²) in [5.41, 5.74) is 1.10. The highest BCUT2D eigenvalue weighted by Gasteiger charge is 2.22. The Kier molecular flexibility index (Phi) is 5.45. The largest absolute Gasteiger partial charge is 0.454 e. The van der Waals surface area contributed by atoms with Gasteiger partial charge in [-0.1, -0.05) is 6.42 Å². The minimum Gasteiger partial charge on any atom is -0.454 e. The molecule has 1 aromatic heterocycles. The predicted octanol–water partition coefficient (Wildman–Crippen LogP) is 3.04. The van der Waals surface area contributed by atoms with E-state index in [9.17, 15) is 14.4 Å². The molecule has 0 radical (unpaired) electrons. The SMILES string of the molecule is CC(OC(=O)c1ccc2c(=O)n3c(nc2c1)CCCCC3)C(=O)Nc1ccc2c(c1)OCO2. The highest BCUT2D eigenvalue weighted by molar-refractivity contribution is 5.98. The quantitative estimate of drug-likeness (QED) is 0.610. The number of fused-ring (bicyclic) bond motifs is 3. The van der Waals surface area contributed by atoms with Crippen molar-refractivity contribution < 1.29 is 23.8 Å². The van der Waals surface area contributed by atoms with E-state index in [2.05, 4.69) is 10.3 Å². The Balaban J connectivity index is 1.31. The molecule has 5 rings (SSSR count). The third-order valence-electron chi connectivity index (χ3n) is 5.85. The van der Waals surface area contributed by atoms with Crippen LogP contribution in [0.3, 0.4) is 0 Å². The third-order valence-corrected chi connectivity index (χ3v) is 5.85. The van der Waals surface area contributed by atoms with Crippen LogP contribution in [-0.4, -0.2) is 34.3 Å². The van der Waals surface area contributed by atoms with Crippen molar-refractivity contribution in [1.29, 1.82) is 0 Å². The fraction of sp³-hybridized carbons (Fsp3) is 0.333. The maximum absolute atomic E-state index is 12.9. The second-order valence-corrected chi connectivity index (χ2v) is 8.13. The van der Waals surface area contributed by atoms with Crippen LogP contribution < -0.4 is 20.3 Å². The van der Waals surface area contributed by atoms with Gasteiger partial charge in [-0.2, -0.15) is 0 Å². The lowest BCUT2D eigenvalue weighted by Gasteiger charge is -2.14. The summed E-state index contributed by atoms with van der Waals surface area (Å²) in [6, 6.07) is 9.69. The maximum Gasteiger partial charge on any atom is 0.338 e. The average molecular weight is 449 g/mol. The fourth-order valence-corrected chi connectivity index (χ4v) is 4.05. The standard InChI is InChI=1S/C24H23N3O6/c1-14(22(28)25-16-7-9-19-20(12-16)32-13-31-19)33-24(30)15-6-8-17-18(11-15)26-21-5-3-2-4-10-27(21)23(17)29/h6-9,11-12,14H,2-5,10,13H2,1H3,(H,25,28). The van der Waals surface area contributed by atoms with Crippen LogP contribution in [0.15, 0.2) is 41.2 Å². The van der Waals surface area contributed by atoms with Gasteiger partial charge in [0.25, 0.3) is 11.5 Å². The molecule has 2 aromatic carbocycles. The number of carbonyl (C=O) groups excluding carboxylic acids is 2. The lowest BCUT2D eigenvalue weighted by molar-refractivity contribution is -0.123. The van der Waals surface area contributed by atoms with Crippen molar-refractivity contribution in [3.05, 3.63) is 58.1 Å². The third kappa shape index (κ3) is 4.13. The van der Waals surface area contributed by atoms with Gasteiger partial charge in [-0.05, 0) is 50.1 Å². The van der Waals surface area contributed by atoms with Gasteiger partial charge in [0.05, 0.1) is 16.5 Å². The van der Waals surface area contributed by atoms with Crippen LogP contribution in [0.5, 0.6) is 11.5 Å². The second kappa shape index (κ2) is 8.57. The number of amides is 1. The number of hydrogen-bond acceptors (Lipinski definition) is 7. The van der Waals surface area contributed by atoms with E-state index in [0.717, 1.165) is 31.5 Å². The summed E-state index contributed by atoms with van der Waals surface area (Å²) < 4.78 is 17.6. The topological polar surface area (TPSA) is 109 Å². The molecule has 170 valence electrons. The van der Waals surface area contributed by atoms with E-state index in [4.69, 9.17) is 14.2 Å². The zero-order valence-electron chi connectivity index (χ0n) is 18.1. The van der Waals surface area contributed by atoms with Crippen molar-refractivity contribution in [2.75, 3.05) is 12.1 Å². The van der Waals surface area contributed by atoms with E-state index >= 15 is 0 Å². The number of hydrogen-bond donors (Lipinski definition) is 1. The molecular weight excluding hydrogens is 426 g/mol. The van der Waals surface area contributed by atoms with Crippen molar-refractivity contribution in [2.45, 2.75) is 45.3 Å². The molecule has 0 spiro atoms. The molecule has 0 fully saturated rings. The van der Waals surface area contributed by atoms with Crippen molar-refractivity contribution >= 4 is 28.5 Å². The Morgan fingerprint density at radius 3 is 2.82 bits per heavy atom. The molecule has 1 atom stereocenters. The molecule has 3 aromatic rings. The molecule has 9 heteroatoms. The molecule has 0 saturated carbocycles. The molecule has 1 amide bonds. The Labute approximate surface area is 189 Å². The molecule has 2 aliphatic heterocycles. The number of nitrogens with one attached hydrogen (secondary N) is 1. The number of ether oxygens (including phenoxy) is 3. The number of anilines is 1. The minimum atomic E-state index is -1.04. The number of esters is 1. The van der Waals surface area contributed by atoms with E-state index in [-0.39, 0.29) is 17.9 Å². The molecule has 0 bridgehead atoms. The Bertz CT molecular complexity index is 1320. The molecule has 9 nitrogen and oxygen atoms in total. The van der Waals surface area contributed by atoms with Gasteiger partial charge in [0.15, 0.2) is 17.6 Å². The van der Waals surface area contributed by atoms with Gasteiger partial charge in [-0.3, -0.25) is 14.2 Å². The lowest BCUT2D eigenvalue weighted by Crippen LogP contribution is -2.30. The van der Waals surface area contributed by atoms with E-state index in [1.807, 2.05) is 0 Å². The van der Waals surface area contributed by atoms with Gasteiger partial charge in [0, 0.05) is 24.7 Å². The number of aromatic nitrogens is 2. The number of nitrogens with zero attached hydrogens (tertiary/aromatic N) is 2. The molecule has 33 heavy (non-hydrogen) atoms. The highest BCUT2D eigenvalue weighted by atomic mass is 16.7. The summed E-state index contributed by atoms with van der Waals surface area (Å²) in [6.07, 6.45) is 2.69. The van der Waals surface area contributed by atoms with Crippen LogP contribution in [-0.2, 0) is 22.5 Å². The van der Waals surface area contributed by atoms with Crippen molar-refractivity contribution in [3.63, 3.8) is 0 Å². The first-order chi connectivity index (χ1) is 16.0. The van der Waals surface area contributed by atoms with E-state index in [0.29, 0.717) is 34.6 Å². The number of rotatable bonds is 4. The van der Waals surface area contributed by atoms with Gasteiger partial charge in [-0.15, -0.1) is 0 Å².